The minimum Gasteiger partial charge on any atom is -0.309 e. The van der Waals surface area contributed by atoms with Crippen LogP contribution in [-0.2, 0) is 4.79 Å². The lowest BCUT2D eigenvalue weighted by molar-refractivity contribution is -0.118. The van der Waals surface area contributed by atoms with Crippen LogP contribution in [0.5, 0.6) is 0 Å². The molecule has 0 aromatic heterocycles. The molecule has 88 valence electrons. The summed E-state index contributed by atoms with van der Waals surface area (Å²) in [6, 6.07) is 0. The van der Waals surface area contributed by atoms with Gasteiger partial charge in [-0.3, -0.25) is 4.79 Å². The molecule has 0 bridgehead atoms. The number of ketones is 1. The molecule has 0 amide bonds. The third kappa shape index (κ3) is 4.35. The number of halogens is 1. The molecular formula is C12H22ClNO. The smallest absolute Gasteiger partial charge is 0.162 e. The third-order valence-corrected chi connectivity index (χ3v) is 2.57. The van der Waals surface area contributed by atoms with Gasteiger partial charge in [-0.2, -0.15) is 0 Å². The Bertz CT molecular complexity index is 246. The molecule has 1 fully saturated rings. The highest BCUT2D eigenvalue weighted by Crippen LogP contribution is 2.27. The lowest BCUT2D eigenvalue weighted by Gasteiger charge is -2.13. The molecule has 0 aromatic carbocycles. The number of carbonyl (C=O) groups excluding carboxylic acids is 1. The number of Topliss-reactive ketones (excluding diaryl/α,β-unsaturated/α-hetero) is 1. The maximum Gasteiger partial charge on any atom is 0.162 e. The standard InChI is InChI=1S/C12H21NO.ClH/c1-9(2)7-10-5-6-11(12(10)14)8-13(3)4;/h7,9,11H,5-6,8H2,1-4H3;1H/b10-7+;. The number of carbonyl (C=O) groups is 1. The summed E-state index contributed by atoms with van der Waals surface area (Å²) in [4.78, 5) is 14.0. The molecule has 1 unspecified atom stereocenters. The second-order valence-electron chi connectivity index (χ2n) is 4.80. The average molecular weight is 232 g/mol. The van der Waals surface area contributed by atoms with Crippen molar-refractivity contribution in [2.75, 3.05) is 20.6 Å². The Balaban J connectivity index is 0.00000196. The second-order valence-corrected chi connectivity index (χ2v) is 4.80. The zero-order valence-corrected chi connectivity index (χ0v) is 10.9. The summed E-state index contributed by atoms with van der Waals surface area (Å²) < 4.78 is 0. The molecule has 1 rings (SSSR count). The minimum atomic E-state index is 0. The zero-order valence-electron chi connectivity index (χ0n) is 10.1. The SMILES string of the molecule is CC(C)/C=C1\CCC(CN(C)C)C1=O.Cl. The Labute approximate surface area is 99.1 Å². The molecule has 0 spiro atoms. The highest BCUT2D eigenvalue weighted by atomic mass is 35.5. The van der Waals surface area contributed by atoms with Crippen molar-refractivity contribution >= 4 is 18.2 Å². The van der Waals surface area contributed by atoms with Crippen LogP contribution in [0.3, 0.4) is 0 Å². The summed E-state index contributed by atoms with van der Waals surface area (Å²) in [5.41, 5.74) is 1.06. The summed E-state index contributed by atoms with van der Waals surface area (Å²) in [5, 5.41) is 0. The van der Waals surface area contributed by atoms with Gasteiger partial charge in [0.1, 0.15) is 0 Å². The first-order valence-corrected chi connectivity index (χ1v) is 5.40. The molecule has 3 heteroatoms. The van der Waals surface area contributed by atoms with Crippen LogP contribution in [0.2, 0.25) is 0 Å². The monoisotopic (exact) mass is 231 g/mol. The molecule has 0 radical (unpaired) electrons. The molecule has 0 saturated heterocycles. The van der Waals surface area contributed by atoms with E-state index in [2.05, 4.69) is 24.8 Å². The molecular weight excluding hydrogens is 210 g/mol. The Morgan fingerprint density at radius 1 is 1.47 bits per heavy atom. The van der Waals surface area contributed by atoms with Gasteiger partial charge in [0, 0.05) is 12.5 Å². The number of hydrogen-bond donors (Lipinski definition) is 0. The summed E-state index contributed by atoms with van der Waals surface area (Å²) in [7, 11) is 4.05. The van der Waals surface area contributed by atoms with Crippen molar-refractivity contribution in [3.63, 3.8) is 0 Å². The van der Waals surface area contributed by atoms with Crippen molar-refractivity contribution in [2.24, 2.45) is 11.8 Å². The predicted octanol–water partition coefficient (Wildman–Crippen LogP) is 2.53. The van der Waals surface area contributed by atoms with Crippen LogP contribution in [-0.4, -0.2) is 31.3 Å². The molecule has 15 heavy (non-hydrogen) atoms. The summed E-state index contributed by atoms with van der Waals surface area (Å²) in [5.74, 6) is 1.12. The van der Waals surface area contributed by atoms with Crippen molar-refractivity contribution in [2.45, 2.75) is 26.7 Å². The van der Waals surface area contributed by atoms with Crippen molar-refractivity contribution in [1.29, 1.82) is 0 Å². The fourth-order valence-electron chi connectivity index (χ4n) is 2.03. The van der Waals surface area contributed by atoms with Gasteiger partial charge in [0.25, 0.3) is 0 Å². The molecule has 1 aliphatic carbocycles. The fraction of sp³-hybridized carbons (Fsp3) is 0.750. The van der Waals surface area contributed by atoms with E-state index in [1.807, 2.05) is 14.1 Å². The molecule has 0 N–H and O–H groups in total. The Morgan fingerprint density at radius 3 is 2.53 bits per heavy atom. The zero-order chi connectivity index (χ0) is 10.7. The van der Waals surface area contributed by atoms with Gasteiger partial charge in [0.15, 0.2) is 5.78 Å². The normalized spacial score (nSPS) is 24.0. The van der Waals surface area contributed by atoms with Gasteiger partial charge >= 0.3 is 0 Å². The van der Waals surface area contributed by atoms with E-state index < -0.39 is 0 Å². The van der Waals surface area contributed by atoms with Crippen molar-refractivity contribution in [3.8, 4) is 0 Å². The fourth-order valence-corrected chi connectivity index (χ4v) is 2.03. The van der Waals surface area contributed by atoms with Crippen molar-refractivity contribution in [3.05, 3.63) is 11.6 Å². The predicted molar refractivity (Wildman–Crippen MR) is 66.5 cm³/mol. The summed E-state index contributed by atoms with van der Waals surface area (Å²) in [6.45, 7) is 5.15. The number of rotatable bonds is 3. The van der Waals surface area contributed by atoms with E-state index in [0.29, 0.717) is 11.7 Å². The van der Waals surface area contributed by atoms with E-state index >= 15 is 0 Å². The molecule has 1 aliphatic rings. The van der Waals surface area contributed by atoms with Gasteiger partial charge in [-0.25, -0.2) is 0 Å². The number of nitrogens with zero attached hydrogens (tertiary/aromatic N) is 1. The van der Waals surface area contributed by atoms with Crippen LogP contribution in [0.25, 0.3) is 0 Å². The lowest BCUT2D eigenvalue weighted by Crippen LogP contribution is -2.24. The van der Waals surface area contributed by atoms with E-state index in [1.165, 1.54) is 0 Å². The molecule has 2 nitrogen and oxygen atoms in total. The highest BCUT2D eigenvalue weighted by Gasteiger charge is 2.29. The van der Waals surface area contributed by atoms with Gasteiger partial charge in [-0.05, 0) is 38.4 Å². The molecule has 1 atom stereocenters. The third-order valence-electron chi connectivity index (χ3n) is 2.57. The van der Waals surface area contributed by atoms with E-state index in [4.69, 9.17) is 0 Å². The number of hydrogen-bond acceptors (Lipinski definition) is 2. The Morgan fingerprint density at radius 2 is 2.07 bits per heavy atom. The van der Waals surface area contributed by atoms with Crippen LogP contribution in [0.4, 0.5) is 0 Å². The highest BCUT2D eigenvalue weighted by molar-refractivity contribution is 5.99. The van der Waals surface area contributed by atoms with Crippen LogP contribution < -0.4 is 0 Å². The molecule has 1 saturated carbocycles. The topological polar surface area (TPSA) is 20.3 Å². The van der Waals surface area contributed by atoms with Gasteiger partial charge in [-0.15, -0.1) is 12.4 Å². The van der Waals surface area contributed by atoms with Gasteiger partial charge in [-0.1, -0.05) is 19.9 Å². The summed E-state index contributed by atoms with van der Waals surface area (Å²) in [6.07, 6.45) is 4.14. The van der Waals surface area contributed by atoms with E-state index in [-0.39, 0.29) is 18.3 Å². The van der Waals surface area contributed by atoms with Crippen LogP contribution in [0.15, 0.2) is 11.6 Å². The average Bonchev–Trinajstić information content (AvgIpc) is 2.34. The Kier molecular flexibility index (Phi) is 6.15. The first-order chi connectivity index (χ1) is 6.50. The van der Waals surface area contributed by atoms with Crippen LogP contribution in [0, 0.1) is 11.8 Å². The van der Waals surface area contributed by atoms with Gasteiger partial charge in [0.2, 0.25) is 0 Å². The minimum absolute atomic E-state index is 0. The lowest BCUT2D eigenvalue weighted by atomic mass is 10.0. The van der Waals surface area contributed by atoms with Crippen LogP contribution >= 0.6 is 12.4 Å². The largest absolute Gasteiger partial charge is 0.309 e. The second kappa shape index (κ2) is 6.29. The molecule has 0 aromatic rings. The molecule has 0 aliphatic heterocycles. The molecule has 0 heterocycles. The maximum atomic E-state index is 11.9. The Hall–Kier alpha value is -0.340. The van der Waals surface area contributed by atoms with Crippen LogP contribution in [0.1, 0.15) is 26.7 Å². The van der Waals surface area contributed by atoms with Crippen molar-refractivity contribution in [1.82, 2.24) is 4.90 Å². The quantitative estimate of drug-likeness (QED) is 0.696. The van der Waals surface area contributed by atoms with E-state index in [9.17, 15) is 4.79 Å². The summed E-state index contributed by atoms with van der Waals surface area (Å²) >= 11 is 0. The van der Waals surface area contributed by atoms with E-state index in [0.717, 1.165) is 25.0 Å². The first kappa shape index (κ1) is 14.7. The first-order valence-electron chi connectivity index (χ1n) is 5.40. The van der Waals surface area contributed by atoms with Crippen molar-refractivity contribution < 1.29 is 4.79 Å². The maximum absolute atomic E-state index is 11.9. The van der Waals surface area contributed by atoms with E-state index in [1.54, 1.807) is 0 Å². The van der Waals surface area contributed by atoms with Gasteiger partial charge in [0.05, 0.1) is 0 Å². The van der Waals surface area contributed by atoms with Gasteiger partial charge < -0.3 is 4.90 Å². The number of allylic oxidation sites excluding steroid dienone is 2.